The second-order valence-corrected chi connectivity index (χ2v) is 4.65. The van der Waals surface area contributed by atoms with Crippen molar-refractivity contribution in [2.24, 2.45) is 0 Å². The van der Waals surface area contributed by atoms with Gasteiger partial charge in [-0.05, 0) is 6.92 Å². The van der Waals surface area contributed by atoms with E-state index in [2.05, 4.69) is 33.8 Å². The maximum absolute atomic E-state index is 3.96. The number of H-pyrrole nitrogens is 1. The molecule has 0 bridgehead atoms. The molecule has 2 rings (SSSR count). The molecule has 1 aliphatic heterocycles. The zero-order chi connectivity index (χ0) is 9.10. The summed E-state index contributed by atoms with van der Waals surface area (Å²) in [5, 5.41) is 6.81. The normalized spacial score (nSPS) is 24.8. The third kappa shape index (κ3) is 2.25. The van der Waals surface area contributed by atoms with Crippen LogP contribution < -0.4 is 0 Å². The van der Waals surface area contributed by atoms with Crippen molar-refractivity contribution in [3.8, 4) is 0 Å². The second-order valence-electron chi connectivity index (χ2n) is 3.50. The van der Waals surface area contributed by atoms with E-state index in [1.807, 2.05) is 12.4 Å². The van der Waals surface area contributed by atoms with Crippen LogP contribution in [0.5, 0.6) is 0 Å². The predicted molar refractivity (Wildman–Crippen MR) is 55.8 cm³/mol. The highest BCUT2D eigenvalue weighted by Crippen LogP contribution is 2.17. The molecule has 0 amide bonds. The van der Waals surface area contributed by atoms with E-state index >= 15 is 0 Å². The van der Waals surface area contributed by atoms with Crippen molar-refractivity contribution in [3.05, 3.63) is 18.0 Å². The van der Waals surface area contributed by atoms with Crippen LogP contribution in [0, 0.1) is 0 Å². The van der Waals surface area contributed by atoms with Gasteiger partial charge in [0, 0.05) is 42.4 Å². The van der Waals surface area contributed by atoms with Gasteiger partial charge in [-0.1, -0.05) is 0 Å². The monoisotopic (exact) mass is 197 g/mol. The Balaban J connectivity index is 1.93. The average Bonchev–Trinajstić information content (AvgIpc) is 2.61. The molecule has 1 saturated heterocycles. The summed E-state index contributed by atoms with van der Waals surface area (Å²) in [6.07, 6.45) is 3.89. The molecule has 2 heterocycles. The minimum Gasteiger partial charge on any atom is -0.295 e. The lowest BCUT2D eigenvalue weighted by molar-refractivity contribution is 0.224. The molecule has 72 valence electrons. The zero-order valence-corrected chi connectivity index (χ0v) is 8.68. The minimum absolute atomic E-state index is 0.702. The van der Waals surface area contributed by atoms with Gasteiger partial charge in [0.1, 0.15) is 0 Å². The van der Waals surface area contributed by atoms with Crippen molar-refractivity contribution in [1.29, 1.82) is 0 Å². The Labute approximate surface area is 82.9 Å². The van der Waals surface area contributed by atoms with Crippen LogP contribution in [0.25, 0.3) is 0 Å². The summed E-state index contributed by atoms with van der Waals surface area (Å²) in [6.45, 7) is 4.54. The largest absolute Gasteiger partial charge is 0.295 e. The average molecular weight is 197 g/mol. The van der Waals surface area contributed by atoms with Gasteiger partial charge in [0.2, 0.25) is 0 Å². The fraction of sp³-hybridized carbons (Fsp3) is 0.667. The molecular weight excluding hydrogens is 182 g/mol. The molecule has 0 aliphatic carbocycles. The molecule has 13 heavy (non-hydrogen) atoms. The number of nitrogens with zero attached hydrogens (tertiary/aromatic N) is 2. The molecule has 1 aromatic rings. The van der Waals surface area contributed by atoms with Crippen LogP contribution in [0.4, 0.5) is 0 Å². The summed E-state index contributed by atoms with van der Waals surface area (Å²) in [7, 11) is 0. The van der Waals surface area contributed by atoms with Gasteiger partial charge in [-0.25, -0.2) is 0 Å². The molecule has 4 heteroatoms. The maximum atomic E-state index is 3.96. The number of thioether (sulfide) groups is 1. The van der Waals surface area contributed by atoms with Crippen molar-refractivity contribution < 1.29 is 0 Å². The summed E-state index contributed by atoms with van der Waals surface area (Å²) in [6, 6.07) is 0.702. The van der Waals surface area contributed by atoms with Gasteiger partial charge in [-0.3, -0.25) is 10.00 Å². The zero-order valence-electron chi connectivity index (χ0n) is 7.86. The van der Waals surface area contributed by atoms with Crippen LogP contribution in [0.3, 0.4) is 0 Å². The lowest BCUT2D eigenvalue weighted by atomic mass is 10.2. The topological polar surface area (TPSA) is 31.9 Å². The van der Waals surface area contributed by atoms with Gasteiger partial charge >= 0.3 is 0 Å². The molecular formula is C9H15N3S. The van der Waals surface area contributed by atoms with Crippen LogP contribution in [-0.2, 0) is 6.54 Å². The van der Waals surface area contributed by atoms with Crippen LogP contribution in [-0.4, -0.2) is 39.2 Å². The summed E-state index contributed by atoms with van der Waals surface area (Å²) in [5.41, 5.74) is 1.29. The minimum atomic E-state index is 0.702. The van der Waals surface area contributed by atoms with Gasteiger partial charge in [0.05, 0.1) is 6.20 Å². The van der Waals surface area contributed by atoms with Crippen LogP contribution in [0.15, 0.2) is 12.4 Å². The lowest BCUT2D eigenvalue weighted by Crippen LogP contribution is -2.39. The molecule has 1 atom stereocenters. The summed E-state index contributed by atoms with van der Waals surface area (Å²) in [5.74, 6) is 2.53. The molecule has 1 aliphatic rings. The number of aromatic amines is 1. The molecule has 3 nitrogen and oxygen atoms in total. The Morgan fingerprint density at radius 2 is 2.69 bits per heavy atom. The number of rotatable bonds is 2. The third-order valence-corrected chi connectivity index (χ3v) is 3.64. The first kappa shape index (κ1) is 9.09. The van der Waals surface area contributed by atoms with Crippen molar-refractivity contribution in [2.75, 3.05) is 18.1 Å². The molecule has 1 aromatic heterocycles. The number of hydrogen-bond acceptors (Lipinski definition) is 3. The Morgan fingerprint density at radius 1 is 1.77 bits per heavy atom. The van der Waals surface area contributed by atoms with Crippen molar-refractivity contribution in [2.45, 2.75) is 19.5 Å². The van der Waals surface area contributed by atoms with Crippen molar-refractivity contribution in [3.63, 3.8) is 0 Å². The van der Waals surface area contributed by atoms with E-state index in [0.29, 0.717) is 6.04 Å². The van der Waals surface area contributed by atoms with E-state index in [-0.39, 0.29) is 0 Å². The van der Waals surface area contributed by atoms with E-state index in [1.165, 1.54) is 23.6 Å². The summed E-state index contributed by atoms with van der Waals surface area (Å²) >= 11 is 2.05. The van der Waals surface area contributed by atoms with E-state index in [4.69, 9.17) is 0 Å². The number of hydrogen-bond donors (Lipinski definition) is 1. The molecule has 0 saturated carbocycles. The number of aromatic nitrogens is 2. The van der Waals surface area contributed by atoms with E-state index in [9.17, 15) is 0 Å². The standard InChI is InChI=1S/C9H15N3S/c1-8-7-13-3-2-12(8)6-9-4-10-11-5-9/h4-5,8H,2-3,6-7H2,1H3,(H,10,11). The summed E-state index contributed by atoms with van der Waals surface area (Å²) in [4.78, 5) is 2.52. The Kier molecular flexibility index (Phi) is 2.90. The first-order chi connectivity index (χ1) is 6.36. The van der Waals surface area contributed by atoms with Gasteiger partial charge in [-0.2, -0.15) is 16.9 Å². The smallest absolute Gasteiger partial charge is 0.0532 e. The SMILES string of the molecule is CC1CSCCN1Cc1cn[nH]c1. The predicted octanol–water partition coefficient (Wildman–Crippen LogP) is 1.35. The van der Waals surface area contributed by atoms with E-state index < -0.39 is 0 Å². The maximum Gasteiger partial charge on any atom is 0.0532 e. The van der Waals surface area contributed by atoms with Crippen LogP contribution in [0.1, 0.15) is 12.5 Å². The van der Waals surface area contributed by atoms with Gasteiger partial charge < -0.3 is 0 Å². The highest BCUT2D eigenvalue weighted by Gasteiger charge is 2.18. The fourth-order valence-electron chi connectivity index (χ4n) is 1.59. The molecule has 1 N–H and O–H groups in total. The molecule has 1 unspecified atom stereocenters. The second kappa shape index (κ2) is 4.15. The van der Waals surface area contributed by atoms with Gasteiger partial charge in [-0.15, -0.1) is 0 Å². The Hall–Kier alpha value is -0.480. The Morgan fingerprint density at radius 3 is 3.38 bits per heavy atom. The molecule has 0 spiro atoms. The molecule has 1 fully saturated rings. The van der Waals surface area contributed by atoms with Crippen molar-refractivity contribution >= 4 is 11.8 Å². The quantitative estimate of drug-likeness (QED) is 0.776. The number of nitrogens with one attached hydrogen (secondary N) is 1. The Bertz CT molecular complexity index is 247. The first-order valence-corrected chi connectivity index (χ1v) is 5.81. The van der Waals surface area contributed by atoms with Gasteiger partial charge in [0.15, 0.2) is 0 Å². The lowest BCUT2D eigenvalue weighted by Gasteiger charge is -2.32. The fourth-order valence-corrected chi connectivity index (χ4v) is 2.68. The van der Waals surface area contributed by atoms with E-state index in [1.54, 1.807) is 0 Å². The summed E-state index contributed by atoms with van der Waals surface area (Å²) < 4.78 is 0. The van der Waals surface area contributed by atoms with Crippen LogP contribution in [0.2, 0.25) is 0 Å². The molecule has 0 aromatic carbocycles. The van der Waals surface area contributed by atoms with Gasteiger partial charge in [0.25, 0.3) is 0 Å². The first-order valence-electron chi connectivity index (χ1n) is 4.65. The van der Waals surface area contributed by atoms with E-state index in [0.717, 1.165) is 6.54 Å². The molecule has 0 radical (unpaired) electrons. The highest BCUT2D eigenvalue weighted by atomic mass is 32.2. The third-order valence-electron chi connectivity index (χ3n) is 2.45. The van der Waals surface area contributed by atoms with Crippen molar-refractivity contribution in [1.82, 2.24) is 15.1 Å². The van der Waals surface area contributed by atoms with Crippen LogP contribution >= 0.6 is 11.8 Å². The highest BCUT2D eigenvalue weighted by molar-refractivity contribution is 7.99.